The fourth-order valence-electron chi connectivity index (χ4n) is 2.59. The van der Waals surface area contributed by atoms with Crippen LogP contribution in [0.4, 0.5) is 0 Å². The standard InChI is InChI=1S/C12H23NO/c1-2-4-7-11(6-3-1)14-12-8-5-9-13-10-12/h11-13H,1-10H2/t12-/m0/s1. The maximum absolute atomic E-state index is 6.15. The summed E-state index contributed by atoms with van der Waals surface area (Å²) in [5, 5.41) is 3.42. The van der Waals surface area contributed by atoms with Crippen molar-refractivity contribution in [2.24, 2.45) is 0 Å². The molecule has 2 heteroatoms. The maximum atomic E-state index is 6.15. The molecule has 0 aromatic rings. The Morgan fingerprint density at radius 3 is 2.14 bits per heavy atom. The molecule has 1 aliphatic heterocycles. The van der Waals surface area contributed by atoms with Gasteiger partial charge in [-0.2, -0.15) is 0 Å². The molecular weight excluding hydrogens is 174 g/mol. The van der Waals surface area contributed by atoms with Crippen molar-refractivity contribution in [2.75, 3.05) is 13.1 Å². The van der Waals surface area contributed by atoms with Gasteiger partial charge in [0.2, 0.25) is 0 Å². The van der Waals surface area contributed by atoms with Crippen LogP contribution in [0.25, 0.3) is 0 Å². The first kappa shape index (κ1) is 10.4. The SMILES string of the molecule is C1CCCC(O[C@H]2CCCNC2)CC1. The third-order valence-electron chi connectivity index (χ3n) is 3.44. The van der Waals surface area contributed by atoms with Gasteiger partial charge in [0.05, 0.1) is 12.2 Å². The zero-order chi connectivity index (χ0) is 9.64. The average Bonchev–Trinajstić information content (AvgIpc) is 2.48. The Kier molecular flexibility index (Phi) is 4.26. The lowest BCUT2D eigenvalue weighted by molar-refractivity contribution is -0.0292. The van der Waals surface area contributed by atoms with Crippen LogP contribution in [0, 0.1) is 0 Å². The van der Waals surface area contributed by atoms with Crippen LogP contribution < -0.4 is 5.32 Å². The van der Waals surface area contributed by atoms with Crippen LogP contribution >= 0.6 is 0 Å². The molecular formula is C12H23NO. The van der Waals surface area contributed by atoms with E-state index in [-0.39, 0.29) is 0 Å². The molecule has 1 aliphatic carbocycles. The Morgan fingerprint density at radius 1 is 0.786 bits per heavy atom. The van der Waals surface area contributed by atoms with E-state index in [4.69, 9.17) is 4.74 Å². The van der Waals surface area contributed by atoms with E-state index in [1.165, 1.54) is 57.9 Å². The fourth-order valence-corrected chi connectivity index (χ4v) is 2.59. The maximum Gasteiger partial charge on any atom is 0.0703 e. The van der Waals surface area contributed by atoms with Gasteiger partial charge in [-0.25, -0.2) is 0 Å². The van der Waals surface area contributed by atoms with Crippen molar-refractivity contribution in [3.8, 4) is 0 Å². The molecule has 1 heterocycles. The van der Waals surface area contributed by atoms with E-state index in [9.17, 15) is 0 Å². The van der Waals surface area contributed by atoms with Crippen LogP contribution in [0.15, 0.2) is 0 Å². The van der Waals surface area contributed by atoms with Gasteiger partial charge in [0, 0.05) is 6.54 Å². The largest absolute Gasteiger partial charge is 0.374 e. The monoisotopic (exact) mass is 197 g/mol. The lowest BCUT2D eigenvalue weighted by Crippen LogP contribution is -2.37. The van der Waals surface area contributed by atoms with Crippen LogP contribution in [0.3, 0.4) is 0 Å². The zero-order valence-electron chi connectivity index (χ0n) is 9.13. The lowest BCUT2D eigenvalue weighted by Gasteiger charge is -2.27. The second kappa shape index (κ2) is 5.72. The van der Waals surface area contributed by atoms with Crippen LogP contribution in [0.5, 0.6) is 0 Å². The topological polar surface area (TPSA) is 21.3 Å². The lowest BCUT2D eigenvalue weighted by atomic mass is 10.1. The van der Waals surface area contributed by atoms with E-state index in [1.54, 1.807) is 0 Å². The summed E-state index contributed by atoms with van der Waals surface area (Å²) in [5.41, 5.74) is 0. The van der Waals surface area contributed by atoms with Gasteiger partial charge in [-0.15, -0.1) is 0 Å². The van der Waals surface area contributed by atoms with E-state index in [2.05, 4.69) is 5.32 Å². The highest BCUT2D eigenvalue weighted by atomic mass is 16.5. The number of piperidine rings is 1. The molecule has 14 heavy (non-hydrogen) atoms. The first-order valence-electron chi connectivity index (χ1n) is 6.31. The summed E-state index contributed by atoms with van der Waals surface area (Å²) in [4.78, 5) is 0. The summed E-state index contributed by atoms with van der Waals surface area (Å²) < 4.78 is 6.15. The van der Waals surface area contributed by atoms with Crippen LogP contribution in [0.1, 0.15) is 51.4 Å². The van der Waals surface area contributed by atoms with Gasteiger partial charge in [0.15, 0.2) is 0 Å². The molecule has 1 saturated carbocycles. The molecule has 0 amide bonds. The molecule has 0 aromatic carbocycles. The van der Waals surface area contributed by atoms with Crippen molar-refractivity contribution in [3.05, 3.63) is 0 Å². The minimum absolute atomic E-state index is 0.506. The summed E-state index contributed by atoms with van der Waals surface area (Å²) in [6, 6.07) is 0. The summed E-state index contributed by atoms with van der Waals surface area (Å²) in [6.45, 7) is 2.26. The van der Waals surface area contributed by atoms with Crippen molar-refractivity contribution < 1.29 is 4.74 Å². The first-order chi connectivity index (χ1) is 6.95. The highest BCUT2D eigenvalue weighted by Gasteiger charge is 2.19. The summed E-state index contributed by atoms with van der Waals surface area (Å²) >= 11 is 0. The number of rotatable bonds is 2. The quantitative estimate of drug-likeness (QED) is 0.687. The number of ether oxygens (including phenoxy) is 1. The molecule has 1 atom stereocenters. The van der Waals surface area contributed by atoms with E-state index in [0.717, 1.165) is 6.54 Å². The summed E-state index contributed by atoms with van der Waals surface area (Å²) in [6.07, 6.45) is 11.8. The predicted octanol–water partition coefficient (Wildman–Crippen LogP) is 2.48. The van der Waals surface area contributed by atoms with E-state index in [1.807, 2.05) is 0 Å². The Hall–Kier alpha value is -0.0800. The zero-order valence-corrected chi connectivity index (χ0v) is 9.13. The average molecular weight is 197 g/mol. The molecule has 2 aliphatic rings. The van der Waals surface area contributed by atoms with Gasteiger partial charge in [0.25, 0.3) is 0 Å². The van der Waals surface area contributed by atoms with Crippen LogP contribution in [-0.4, -0.2) is 25.3 Å². The highest BCUT2D eigenvalue weighted by molar-refractivity contribution is 4.72. The number of hydrogen-bond acceptors (Lipinski definition) is 2. The molecule has 0 unspecified atom stereocenters. The van der Waals surface area contributed by atoms with Gasteiger partial charge < -0.3 is 10.1 Å². The highest BCUT2D eigenvalue weighted by Crippen LogP contribution is 2.22. The Balaban J connectivity index is 1.71. The summed E-state index contributed by atoms with van der Waals surface area (Å²) in [7, 11) is 0. The van der Waals surface area contributed by atoms with E-state index < -0.39 is 0 Å². The van der Waals surface area contributed by atoms with E-state index >= 15 is 0 Å². The van der Waals surface area contributed by atoms with Crippen molar-refractivity contribution in [1.29, 1.82) is 0 Å². The molecule has 0 radical (unpaired) electrons. The normalized spacial score (nSPS) is 31.3. The van der Waals surface area contributed by atoms with Crippen molar-refractivity contribution >= 4 is 0 Å². The first-order valence-corrected chi connectivity index (χ1v) is 6.31. The van der Waals surface area contributed by atoms with Gasteiger partial charge in [0.1, 0.15) is 0 Å². The molecule has 82 valence electrons. The second-order valence-electron chi connectivity index (χ2n) is 4.72. The molecule has 2 nitrogen and oxygen atoms in total. The number of hydrogen-bond donors (Lipinski definition) is 1. The van der Waals surface area contributed by atoms with Gasteiger partial charge in [-0.1, -0.05) is 25.7 Å². The second-order valence-corrected chi connectivity index (χ2v) is 4.72. The number of nitrogens with one attached hydrogen (secondary N) is 1. The molecule has 1 saturated heterocycles. The molecule has 0 bridgehead atoms. The molecule has 0 aromatic heterocycles. The minimum atomic E-state index is 0.506. The summed E-state index contributed by atoms with van der Waals surface area (Å²) in [5.74, 6) is 0. The van der Waals surface area contributed by atoms with Crippen molar-refractivity contribution in [2.45, 2.75) is 63.6 Å². The van der Waals surface area contributed by atoms with Crippen LogP contribution in [-0.2, 0) is 4.74 Å². The van der Waals surface area contributed by atoms with Crippen molar-refractivity contribution in [3.63, 3.8) is 0 Å². The van der Waals surface area contributed by atoms with Gasteiger partial charge >= 0.3 is 0 Å². The van der Waals surface area contributed by atoms with Gasteiger partial charge in [-0.05, 0) is 32.2 Å². The Bertz CT molecular complexity index is 146. The smallest absolute Gasteiger partial charge is 0.0703 e. The minimum Gasteiger partial charge on any atom is -0.374 e. The Labute approximate surface area is 87.4 Å². The van der Waals surface area contributed by atoms with Crippen LogP contribution in [0.2, 0.25) is 0 Å². The molecule has 1 N–H and O–H groups in total. The molecule has 2 rings (SSSR count). The third kappa shape index (κ3) is 3.25. The third-order valence-corrected chi connectivity index (χ3v) is 3.44. The predicted molar refractivity (Wildman–Crippen MR) is 58.5 cm³/mol. The molecule has 2 fully saturated rings. The van der Waals surface area contributed by atoms with Crippen molar-refractivity contribution in [1.82, 2.24) is 5.32 Å². The van der Waals surface area contributed by atoms with E-state index in [0.29, 0.717) is 12.2 Å². The Morgan fingerprint density at radius 2 is 1.50 bits per heavy atom. The van der Waals surface area contributed by atoms with Gasteiger partial charge in [-0.3, -0.25) is 0 Å². The fraction of sp³-hybridized carbons (Fsp3) is 1.00. The molecule has 0 spiro atoms.